The number of hydrogen-bond acceptors (Lipinski definition) is 3. The smallest absolute Gasteiger partial charge is 0.0701 e. The average Bonchev–Trinajstić information content (AvgIpc) is 2.30. The van der Waals surface area contributed by atoms with Crippen LogP contribution in [-0.2, 0) is 9.47 Å². The number of unbranched alkanes of at least 4 members (excludes halogenated alkanes) is 3. The normalized spacial score (nSPS) is 14.4. The molecular weight excluding hydrogens is 192 g/mol. The summed E-state index contributed by atoms with van der Waals surface area (Å²) in [6, 6.07) is 0. The van der Waals surface area contributed by atoms with Crippen LogP contribution < -0.4 is 0 Å². The molecule has 1 rings (SSSR count). The highest BCUT2D eigenvalue weighted by atomic mass is 16.6. The fraction of sp³-hybridized carbons (Fsp3) is 1.00. The van der Waals surface area contributed by atoms with Gasteiger partial charge >= 0.3 is 0 Å². The van der Waals surface area contributed by atoms with Crippen molar-refractivity contribution < 1.29 is 14.6 Å². The van der Waals surface area contributed by atoms with Crippen molar-refractivity contribution in [3.8, 4) is 0 Å². The van der Waals surface area contributed by atoms with Gasteiger partial charge in [-0.15, -0.1) is 0 Å². The molecule has 15 heavy (non-hydrogen) atoms. The van der Waals surface area contributed by atoms with Crippen LogP contribution in [-0.4, -0.2) is 38.1 Å². The summed E-state index contributed by atoms with van der Waals surface area (Å²) in [5, 5.41) is 7.57. The van der Waals surface area contributed by atoms with Gasteiger partial charge in [-0.2, -0.15) is 0 Å². The zero-order valence-corrected chi connectivity index (χ0v) is 10.6. The molecule has 0 radical (unpaired) electrons. The van der Waals surface area contributed by atoms with Gasteiger partial charge in [0.2, 0.25) is 0 Å². The molecule has 3 nitrogen and oxygen atoms in total. The summed E-state index contributed by atoms with van der Waals surface area (Å²) >= 11 is 0. The predicted molar refractivity (Wildman–Crippen MR) is 64.2 cm³/mol. The highest BCUT2D eigenvalue weighted by Crippen LogP contribution is 1.95. The van der Waals surface area contributed by atoms with Gasteiger partial charge in [0.25, 0.3) is 0 Å². The van der Waals surface area contributed by atoms with Crippen molar-refractivity contribution in [3.63, 3.8) is 0 Å². The molecule has 0 aromatic heterocycles. The van der Waals surface area contributed by atoms with Crippen molar-refractivity contribution in [2.75, 3.05) is 33.0 Å². The average molecular weight is 220 g/mol. The van der Waals surface area contributed by atoms with Gasteiger partial charge in [0.05, 0.1) is 26.4 Å². The molecule has 0 aliphatic carbocycles. The van der Waals surface area contributed by atoms with Gasteiger partial charge in [-0.25, -0.2) is 0 Å². The molecule has 0 spiro atoms. The van der Waals surface area contributed by atoms with Crippen LogP contribution in [0.5, 0.6) is 0 Å². The summed E-state index contributed by atoms with van der Waals surface area (Å²) in [4.78, 5) is 0. The third-order valence-electron chi connectivity index (χ3n) is 1.70. The molecule has 3 heteroatoms. The van der Waals surface area contributed by atoms with E-state index < -0.39 is 0 Å². The van der Waals surface area contributed by atoms with Crippen LogP contribution in [0.1, 0.15) is 46.5 Å². The summed E-state index contributed by atoms with van der Waals surface area (Å²) in [5.41, 5.74) is 0. The summed E-state index contributed by atoms with van der Waals surface area (Å²) in [6.07, 6.45) is 5.54. The third-order valence-corrected chi connectivity index (χ3v) is 1.70. The molecule has 0 aromatic carbocycles. The molecular formula is C12H28O3. The third kappa shape index (κ3) is 24.8. The molecule has 1 saturated heterocycles. The van der Waals surface area contributed by atoms with Crippen LogP contribution >= 0.6 is 0 Å². The molecule has 1 aliphatic heterocycles. The van der Waals surface area contributed by atoms with E-state index in [1.54, 1.807) is 6.92 Å². The van der Waals surface area contributed by atoms with E-state index in [-0.39, 0.29) is 6.61 Å². The van der Waals surface area contributed by atoms with Crippen molar-refractivity contribution in [1.82, 2.24) is 0 Å². The SMILES string of the molecule is C1COCCO1.CCCCCC.CCO. The van der Waals surface area contributed by atoms with Crippen LogP contribution in [0.4, 0.5) is 0 Å². The Bertz CT molecular complexity index is 67.4. The van der Waals surface area contributed by atoms with Crippen molar-refractivity contribution in [2.24, 2.45) is 0 Å². The zero-order valence-electron chi connectivity index (χ0n) is 10.6. The Labute approximate surface area is 94.8 Å². The Kier molecular flexibility index (Phi) is 22.4. The van der Waals surface area contributed by atoms with E-state index in [0.29, 0.717) is 0 Å². The largest absolute Gasteiger partial charge is 0.397 e. The van der Waals surface area contributed by atoms with E-state index >= 15 is 0 Å². The lowest BCUT2D eigenvalue weighted by molar-refractivity contribution is -0.0334. The quantitative estimate of drug-likeness (QED) is 0.743. The molecule has 1 N–H and O–H groups in total. The van der Waals surface area contributed by atoms with E-state index in [0.717, 1.165) is 26.4 Å². The molecule has 0 unspecified atom stereocenters. The minimum Gasteiger partial charge on any atom is -0.397 e. The standard InChI is InChI=1S/C6H14.C4H8O2.C2H6O/c1-3-5-6-4-2;1-2-6-4-3-5-1;1-2-3/h3-6H2,1-2H3;1-4H2;3H,2H2,1H3. The molecule has 1 fully saturated rings. The Hall–Kier alpha value is -0.120. The van der Waals surface area contributed by atoms with Gasteiger partial charge in [0.1, 0.15) is 0 Å². The minimum atomic E-state index is 0.250. The van der Waals surface area contributed by atoms with Gasteiger partial charge in [-0.1, -0.05) is 39.5 Å². The second-order valence-electron chi connectivity index (χ2n) is 3.25. The molecule has 0 atom stereocenters. The fourth-order valence-electron chi connectivity index (χ4n) is 0.940. The Morgan fingerprint density at radius 2 is 1.07 bits per heavy atom. The molecule has 1 heterocycles. The van der Waals surface area contributed by atoms with Crippen LogP contribution in [0.3, 0.4) is 0 Å². The highest BCUT2D eigenvalue weighted by Gasteiger charge is 1.94. The maximum absolute atomic E-state index is 7.57. The summed E-state index contributed by atoms with van der Waals surface area (Å²) < 4.78 is 9.89. The van der Waals surface area contributed by atoms with Crippen molar-refractivity contribution in [1.29, 1.82) is 0 Å². The lowest BCUT2D eigenvalue weighted by Gasteiger charge is -2.09. The van der Waals surface area contributed by atoms with Crippen molar-refractivity contribution in [2.45, 2.75) is 46.5 Å². The van der Waals surface area contributed by atoms with Gasteiger partial charge in [-0.3, -0.25) is 0 Å². The first-order valence-electron chi connectivity index (χ1n) is 6.09. The van der Waals surface area contributed by atoms with E-state index in [2.05, 4.69) is 13.8 Å². The topological polar surface area (TPSA) is 38.7 Å². The molecule has 94 valence electrons. The van der Waals surface area contributed by atoms with Crippen molar-refractivity contribution >= 4 is 0 Å². The number of aliphatic hydroxyl groups excluding tert-OH is 1. The zero-order chi connectivity index (χ0) is 11.8. The van der Waals surface area contributed by atoms with Crippen LogP contribution in [0.15, 0.2) is 0 Å². The highest BCUT2D eigenvalue weighted by molar-refractivity contribution is 4.37. The first kappa shape index (κ1) is 17.3. The summed E-state index contributed by atoms with van der Waals surface area (Å²) in [7, 11) is 0. The molecule has 0 bridgehead atoms. The van der Waals surface area contributed by atoms with Gasteiger partial charge in [-0.05, 0) is 6.92 Å². The molecule has 1 aliphatic rings. The van der Waals surface area contributed by atoms with Gasteiger partial charge in [0.15, 0.2) is 0 Å². The van der Waals surface area contributed by atoms with E-state index in [1.165, 1.54) is 25.7 Å². The summed E-state index contributed by atoms with van der Waals surface area (Å²) in [5.74, 6) is 0. The van der Waals surface area contributed by atoms with Crippen molar-refractivity contribution in [3.05, 3.63) is 0 Å². The maximum atomic E-state index is 7.57. The van der Waals surface area contributed by atoms with Crippen LogP contribution in [0.25, 0.3) is 0 Å². The van der Waals surface area contributed by atoms with E-state index in [9.17, 15) is 0 Å². The fourth-order valence-corrected chi connectivity index (χ4v) is 0.940. The molecule has 0 saturated carbocycles. The first-order chi connectivity index (χ1) is 7.33. The minimum absolute atomic E-state index is 0.250. The number of rotatable bonds is 3. The number of aliphatic hydroxyl groups is 1. The van der Waals surface area contributed by atoms with E-state index in [4.69, 9.17) is 14.6 Å². The van der Waals surface area contributed by atoms with E-state index in [1.807, 2.05) is 0 Å². The van der Waals surface area contributed by atoms with Gasteiger partial charge in [0, 0.05) is 6.61 Å². The van der Waals surface area contributed by atoms with Crippen LogP contribution in [0.2, 0.25) is 0 Å². The second kappa shape index (κ2) is 19.5. The monoisotopic (exact) mass is 220 g/mol. The Morgan fingerprint density at radius 3 is 1.20 bits per heavy atom. The number of hydrogen-bond donors (Lipinski definition) is 1. The Balaban J connectivity index is 0. The predicted octanol–water partition coefficient (Wildman–Crippen LogP) is 2.62. The summed E-state index contributed by atoms with van der Waals surface area (Å²) in [6.45, 7) is 9.51. The lowest BCUT2D eigenvalue weighted by atomic mass is 10.2. The second-order valence-corrected chi connectivity index (χ2v) is 3.25. The number of ether oxygens (including phenoxy) is 2. The molecule has 0 aromatic rings. The Morgan fingerprint density at radius 1 is 0.800 bits per heavy atom. The molecule has 0 amide bonds. The van der Waals surface area contributed by atoms with Gasteiger partial charge < -0.3 is 14.6 Å². The first-order valence-corrected chi connectivity index (χ1v) is 6.09. The maximum Gasteiger partial charge on any atom is 0.0701 e. The lowest BCUT2D eigenvalue weighted by Crippen LogP contribution is -2.16. The van der Waals surface area contributed by atoms with Crippen LogP contribution in [0, 0.1) is 0 Å².